The van der Waals surface area contributed by atoms with Crippen molar-refractivity contribution in [3.05, 3.63) is 23.8 Å². The van der Waals surface area contributed by atoms with Crippen LogP contribution in [0.4, 0.5) is 0 Å². The van der Waals surface area contributed by atoms with Crippen molar-refractivity contribution in [3.8, 4) is 0 Å². The molecule has 1 saturated heterocycles. The molecule has 2 N–H and O–H groups in total. The highest BCUT2D eigenvalue weighted by Crippen LogP contribution is 2.08. The van der Waals surface area contributed by atoms with Crippen molar-refractivity contribution in [2.75, 3.05) is 19.6 Å². The molecule has 2 heterocycles. The highest BCUT2D eigenvalue weighted by Gasteiger charge is 2.28. The number of carboxylic acids is 1. The quantitative estimate of drug-likeness (QED) is 0.746. The predicted molar refractivity (Wildman–Crippen MR) is 61.5 cm³/mol. The molecule has 0 saturated carbocycles. The van der Waals surface area contributed by atoms with Gasteiger partial charge in [-0.2, -0.15) is 0 Å². The average Bonchev–Trinajstić information content (AvgIpc) is 2.32. The molecule has 6 nitrogen and oxygen atoms in total. The number of hydrogen-bond acceptors (Lipinski definition) is 5. The monoisotopic (exact) mass is 236 g/mol. The molecule has 92 valence electrons. The van der Waals surface area contributed by atoms with E-state index >= 15 is 0 Å². The van der Waals surface area contributed by atoms with Gasteiger partial charge in [-0.3, -0.25) is 19.7 Å². The maximum atomic E-state index is 11.1. The minimum absolute atomic E-state index is 0.480. The Morgan fingerprint density at radius 1 is 1.59 bits per heavy atom. The molecule has 17 heavy (non-hydrogen) atoms. The number of aliphatic carboxylic acids is 1. The van der Waals surface area contributed by atoms with Gasteiger partial charge in [0.25, 0.3) is 0 Å². The first-order valence-corrected chi connectivity index (χ1v) is 5.62. The van der Waals surface area contributed by atoms with Gasteiger partial charge in [-0.15, -0.1) is 0 Å². The molecule has 0 amide bonds. The molecule has 1 aliphatic heterocycles. The van der Waals surface area contributed by atoms with Crippen molar-refractivity contribution >= 4 is 5.97 Å². The minimum Gasteiger partial charge on any atom is -0.480 e. The molecule has 1 aliphatic rings. The molecule has 1 aromatic rings. The van der Waals surface area contributed by atoms with Crippen LogP contribution in [0.15, 0.2) is 12.4 Å². The fraction of sp³-hybridized carbons (Fsp3) is 0.545. The Kier molecular flexibility index (Phi) is 3.65. The summed E-state index contributed by atoms with van der Waals surface area (Å²) in [6.07, 6.45) is 3.41. The second kappa shape index (κ2) is 5.20. The number of carbonyl (C=O) groups is 1. The first kappa shape index (κ1) is 11.9. The van der Waals surface area contributed by atoms with Gasteiger partial charge in [-0.05, 0) is 6.92 Å². The van der Waals surface area contributed by atoms with E-state index < -0.39 is 12.0 Å². The van der Waals surface area contributed by atoms with Crippen molar-refractivity contribution in [2.24, 2.45) is 0 Å². The van der Waals surface area contributed by atoms with E-state index in [0.29, 0.717) is 19.6 Å². The predicted octanol–water partition coefficient (Wildman–Crippen LogP) is -0.357. The first-order chi connectivity index (χ1) is 8.16. The van der Waals surface area contributed by atoms with E-state index in [1.807, 2.05) is 11.8 Å². The summed E-state index contributed by atoms with van der Waals surface area (Å²) in [5, 5.41) is 12.2. The Bertz CT molecular complexity index is 393. The molecule has 0 radical (unpaired) electrons. The second-order valence-corrected chi connectivity index (χ2v) is 4.18. The van der Waals surface area contributed by atoms with Crippen LogP contribution in [0, 0.1) is 6.92 Å². The maximum absolute atomic E-state index is 11.1. The molecular formula is C11H16N4O2. The van der Waals surface area contributed by atoms with Crippen molar-refractivity contribution in [1.82, 2.24) is 20.2 Å². The Balaban J connectivity index is 2.05. The van der Waals surface area contributed by atoms with Crippen molar-refractivity contribution in [1.29, 1.82) is 0 Å². The van der Waals surface area contributed by atoms with Crippen LogP contribution in [0.25, 0.3) is 0 Å². The number of nitrogens with zero attached hydrogens (tertiary/aromatic N) is 3. The molecule has 1 atom stereocenters. The zero-order valence-corrected chi connectivity index (χ0v) is 9.76. The average molecular weight is 236 g/mol. The van der Waals surface area contributed by atoms with Gasteiger partial charge >= 0.3 is 5.97 Å². The largest absolute Gasteiger partial charge is 0.480 e. The van der Waals surface area contributed by atoms with E-state index in [2.05, 4.69) is 15.3 Å². The number of aryl methyl sites for hydroxylation is 1. The number of hydrogen-bond donors (Lipinski definition) is 2. The Hall–Kier alpha value is -1.53. The fourth-order valence-electron chi connectivity index (χ4n) is 1.89. The van der Waals surface area contributed by atoms with E-state index in [-0.39, 0.29) is 0 Å². The van der Waals surface area contributed by atoms with Gasteiger partial charge in [-0.1, -0.05) is 0 Å². The summed E-state index contributed by atoms with van der Waals surface area (Å²) in [5.74, 6) is -0.794. The van der Waals surface area contributed by atoms with Crippen molar-refractivity contribution in [2.45, 2.75) is 19.5 Å². The van der Waals surface area contributed by atoms with Crippen LogP contribution in [0.2, 0.25) is 0 Å². The zero-order valence-electron chi connectivity index (χ0n) is 9.76. The van der Waals surface area contributed by atoms with Gasteiger partial charge < -0.3 is 10.4 Å². The van der Waals surface area contributed by atoms with Crippen LogP contribution >= 0.6 is 0 Å². The number of rotatable bonds is 3. The highest BCUT2D eigenvalue weighted by molar-refractivity contribution is 5.73. The summed E-state index contributed by atoms with van der Waals surface area (Å²) in [7, 11) is 0. The summed E-state index contributed by atoms with van der Waals surface area (Å²) in [6.45, 7) is 4.41. The van der Waals surface area contributed by atoms with E-state index in [9.17, 15) is 4.79 Å². The third kappa shape index (κ3) is 2.98. The third-order valence-electron chi connectivity index (χ3n) is 2.84. The van der Waals surface area contributed by atoms with E-state index in [4.69, 9.17) is 5.11 Å². The van der Waals surface area contributed by atoms with Crippen LogP contribution in [-0.2, 0) is 11.3 Å². The number of piperazine rings is 1. The summed E-state index contributed by atoms with van der Waals surface area (Å²) < 4.78 is 0. The normalized spacial score (nSPS) is 21.4. The van der Waals surface area contributed by atoms with E-state index in [1.165, 1.54) is 0 Å². The minimum atomic E-state index is -0.794. The van der Waals surface area contributed by atoms with E-state index in [1.54, 1.807) is 12.4 Å². The second-order valence-electron chi connectivity index (χ2n) is 4.18. The van der Waals surface area contributed by atoms with Gasteiger partial charge in [-0.25, -0.2) is 0 Å². The summed E-state index contributed by atoms with van der Waals surface area (Å²) >= 11 is 0. The summed E-state index contributed by atoms with van der Waals surface area (Å²) in [6, 6.07) is -0.480. The lowest BCUT2D eigenvalue weighted by molar-refractivity contribution is -0.144. The van der Waals surface area contributed by atoms with Gasteiger partial charge in [0.2, 0.25) is 0 Å². The SMILES string of the molecule is Cc1cnc(CN2CCNCC2C(=O)O)cn1. The first-order valence-electron chi connectivity index (χ1n) is 5.62. The standard InChI is InChI=1S/C11H16N4O2/c1-8-4-14-9(5-13-8)7-15-3-2-12-6-10(15)11(16)17/h4-5,10,12H,2-3,6-7H2,1H3,(H,16,17). The third-order valence-corrected chi connectivity index (χ3v) is 2.84. The van der Waals surface area contributed by atoms with Crippen LogP contribution in [-0.4, -0.2) is 51.6 Å². The Labute approximate surface area is 99.7 Å². The van der Waals surface area contributed by atoms with Gasteiger partial charge in [0, 0.05) is 38.6 Å². The van der Waals surface area contributed by atoms with Crippen LogP contribution in [0.1, 0.15) is 11.4 Å². The molecule has 6 heteroatoms. The van der Waals surface area contributed by atoms with Crippen LogP contribution < -0.4 is 5.32 Å². The highest BCUT2D eigenvalue weighted by atomic mass is 16.4. The summed E-state index contributed by atoms with van der Waals surface area (Å²) in [4.78, 5) is 21.4. The lowest BCUT2D eigenvalue weighted by Gasteiger charge is -2.32. The number of carboxylic acid groups (broad SMARTS) is 1. The topological polar surface area (TPSA) is 78.4 Å². The molecule has 1 aromatic heterocycles. The fourth-order valence-corrected chi connectivity index (χ4v) is 1.89. The van der Waals surface area contributed by atoms with Crippen LogP contribution in [0.5, 0.6) is 0 Å². The molecule has 0 spiro atoms. The number of aromatic nitrogens is 2. The molecule has 0 aliphatic carbocycles. The van der Waals surface area contributed by atoms with Gasteiger partial charge in [0.15, 0.2) is 0 Å². The lowest BCUT2D eigenvalue weighted by atomic mass is 10.2. The van der Waals surface area contributed by atoms with E-state index in [0.717, 1.165) is 17.9 Å². The lowest BCUT2D eigenvalue weighted by Crippen LogP contribution is -2.54. The summed E-state index contributed by atoms with van der Waals surface area (Å²) in [5.41, 5.74) is 1.67. The Morgan fingerprint density at radius 2 is 2.41 bits per heavy atom. The van der Waals surface area contributed by atoms with Crippen molar-refractivity contribution in [3.63, 3.8) is 0 Å². The zero-order chi connectivity index (χ0) is 12.3. The molecule has 0 bridgehead atoms. The molecule has 1 unspecified atom stereocenters. The van der Waals surface area contributed by atoms with Gasteiger partial charge in [0.1, 0.15) is 6.04 Å². The van der Waals surface area contributed by atoms with Crippen LogP contribution in [0.3, 0.4) is 0 Å². The number of nitrogens with one attached hydrogen (secondary N) is 1. The smallest absolute Gasteiger partial charge is 0.322 e. The maximum Gasteiger partial charge on any atom is 0.322 e. The molecule has 1 fully saturated rings. The van der Waals surface area contributed by atoms with Gasteiger partial charge in [0.05, 0.1) is 11.4 Å². The molecular weight excluding hydrogens is 220 g/mol. The Morgan fingerprint density at radius 3 is 3.06 bits per heavy atom. The van der Waals surface area contributed by atoms with Crippen molar-refractivity contribution < 1.29 is 9.90 Å². The molecule has 2 rings (SSSR count). The molecule has 0 aromatic carbocycles.